The van der Waals surface area contributed by atoms with Crippen LogP contribution in [0.2, 0.25) is 0 Å². The van der Waals surface area contributed by atoms with Gasteiger partial charge in [-0.3, -0.25) is 4.79 Å². The Hall–Kier alpha value is -0.460. The van der Waals surface area contributed by atoms with Gasteiger partial charge in [0.05, 0.1) is 0 Å². The van der Waals surface area contributed by atoms with Crippen LogP contribution in [-0.4, -0.2) is 28.1 Å². The highest BCUT2D eigenvalue weighted by atomic mass is 32.2. The lowest BCUT2D eigenvalue weighted by Crippen LogP contribution is -2.11. The summed E-state index contributed by atoms with van der Waals surface area (Å²) in [5, 5.41) is 6.89. The Morgan fingerprint density at radius 1 is 1.44 bits per heavy atom. The molecule has 3 N–H and O–H groups in total. The van der Waals surface area contributed by atoms with Gasteiger partial charge in [0.2, 0.25) is 5.62 Å². The van der Waals surface area contributed by atoms with E-state index in [4.69, 9.17) is 4.79 Å². The number of nitrogens with two attached hydrogens (primary N) is 1. The van der Waals surface area contributed by atoms with Gasteiger partial charge in [0.1, 0.15) is 0 Å². The molecule has 0 aromatic rings. The van der Waals surface area contributed by atoms with Crippen molar-refractivity contribution in [2.75, 3.05) is 14.1 Å². The van der Waals surface area contributed by atoms with Crippen LogP contribution >= 0.6 is 0 Å². The van der Waals surface area contributed by atoms with Crippen LogP contribution in [0.5, 0.6) is 0 Å². The van der Waals surface area contributed by atoms with Crippen LogP contribution in [0.15, 0.2) is 0 Å². The predicted molar refractivity (Wildman–Crippen MR) is 34.8 cm³/mol. The molecule has 0 atom stereocenters. The topological polar surface area (TPSA) is 89.3 Å². The molecule has 5 nitrogen and oxygen atoms in total. The number of hydrogen-bond donors (Lipinski definition) is 2. The zero-order valence-electron chi connectivity index (χ0n) is 5.29. The molecule has 9 heavy (non-hydrogen) atoms. The average molecular weight is 154 g/mol. The van der Waals surface area contributed by atoms with E-state index in [1.807, 2.05) is 14.1 Å². The first-order chi connectivity index (χ1) is 3.97. The largest absolute Gasteiger partial charge is 0.323 e. The number of nitrogens with one attached hydrogen (secondary N) is 1. The van der Waals surface area contributed by atoms with E-state index in [1.54, 1.807) is 0 Å². The summed E-state index contributed by atoms with van der Waals surface area (Å²) >= 11 is 0. The van der Waals surface area contributed by atoms with Crippen molar-refractivity contribution in [2.45, 2.75) is 0 Å². The molecule has 0 saturated carbocycles. The number of sulfonamides is 1. The maximum absolute atomic E-state index is 9.41. The standard InChI is InChI=1S/C2H7N.CH3NO3S/c1-3-2;2-6(4,5)1-3/h3H,1-2H3;1H,(H2,2,4,5). The lowest BCUT2D eigenvalue weighted by Gasteiger charge is -1.70. The number of carbonyl (C=O) groups excluding carboxylic acids is 1. The number of carbonyl (C=O) groups is 1. The molecule has 0 heterocycles. The molecule has 0 unspecified atom stereocenters. The van der Waals surface area contributed by atoms with E-state index in [0.717, 1.165) is 0 Å². The summed E-state index contributed by atoms with van der Waals surface area (Å²) in [4.78, 5) is 9.11. The highest BCUT2D eigenvalue weighted by Crippen LogP contribution is 1.56. The fraction of sp³-hybridized carbons (Fsp3) is 0.667. The van der Waals surface area contributed by atoms with E-state index in [1.165, 1.54) is 0 Å². The summed E-state index contributed by atoms with van der Waals surface area (Å²) in [6.07, 6.45) is 0. The first-order valence-electron chi connectivity index (χ1n) is 2.04. The van der Waals surface area contributed by atoms with E-state index < -0.39 is 10.0 Å². The average Bonchev–Trinajstić information content (AvgIpc) is 1.67. The second-order valence-electron chi connectivity index (χ2n) is 1.19. The molecule has 0 aliphatic heterocycles. The molecule has 0 spiro atoms. The first kappa shape index (κ1) is 11.4. The van der Waals surface area contributed by atoms with E-state index in [2.05, 4.69) is 10.5 Å². The SMILES string of the molecule is CNC.NS(=O)(=O)C=O. The molecule has 56 valence electrons. The van der Waals surface area contributed by atoms with Crippen LogP contribution < -0.4 is 10.5 Å². The Morgan fingerprint density at radius 2 is 1.56 bits per heavy atom. The number of rotatable bonds is 1. The third kappa shape index (κ3) is 35.9. The Morgan fingerprint density at radius 3 is 1.56 bits per heavy atom. The molecular weight excluding hydrogens is 144 g/mol. The maximum atomic E-state index is 9.41. The minimum absolute atomic E-state index is 0.312. The minimum atomic E-state index is -3.84. The molecule has 0 saturated heterocycles. The van der Waals surface area contributed by atoms with Gasteiger partial charge in [0.15, 0.2) is 0 Å². The molecule has 0 aromatic heterocycles. The zero-order chi connectivity index (χ0) is 7.91. The summed E-state index contributed by atoms with van der Waals surface area (Å²) in [5.41, 5.74) is -0.312. The normalized spacial score (nSPS) is 9.22. The molecular formula is C3H10N2O3S. The molecule has 0 radical (unpaired) electrons. The van der Waals surface area contributed by atoms with E-state index in [-0.39, 0.29) is 5.62 Å². The van der Waals surface area contributed by atoms with Gasteiger partial charge in [0, 0.05) is 0 Å². The quantitative estimate of drug-likeness (QED) is 0.440. The van der Waals surface area contributed by atoms with Crippen molar-refractivity contribution in [3.63, 3.8) is 0 Å². The zero-order valence-corrected chi connectivity index (χ0v) is 6.10. The van der Waals surface area contributed by atoms with Crippen LogP contribution in [0.4, 0.5) is 0 Å². The van der Waals surface area contributed by atoms with Crippen LogP contribution in [0, 0.1) is 0 Å². The number of hydrogen-bond acceptors (Lipinski definition) is 4. The number of primary sulfonamides is 1. The second kappa shape index (κ2) is 5.67. The Balaban J connectivity index is 0. The highest BCUT2D eigenvalue weighted by molar-refractivity contribution is 8.02. The fourth-order valence-corrected chi connectivity index (χ4v) is 0. The third-order valence-electron chi connectivity index (χ3n) is 0.134. The first-order valence-corrected chi connectivity index (χ1v) is 3.65. The fourth-order valence-electron chi connectivity index (χ4n) is 0. The Kier molecular flexibility index (Phi) is 7.15. The van der Waals surface area contributed by atoms with Gasteiger partial charge < -0.3 is 5.32 Å². The molecule has 0 aliphatic rings. The third-order valence-corrected chi connectivity index (χ3v) is 0.402. The van der Waals surface area contributed by atoms with Gasteiger partial charge >= 0.3 is 0 Å². The van der Waals surface area contributed by atoms with Crippen molar-refractivity contribution in [3.8, 4) is 0 Å². The van der Waals surface area contributed by atoms with Gasteiger partial charge in [0.25, 0.3) is 10.0 Å². The summed E-state index contributed by atoms with van der Waals surface area (Å²) in [6.45, 7) is 0. The highest BCUT2D eigenvalue weighted by Gasteiger charge is 1.91. The van der Waals surface area contributed by atoms with Gasteiger partial charge in [-0.05, 0) is 14.1 Å². The molecule has 0 fully saturated rings. The molecule has 0 amide bonds. The molecule has 0 bridgehead atoms. The van der Waals surface area contributed by atoms with E-state index in [9.17, 15) is 8.42 Å². The van der Waals surface area contributed by atoms with Crippen molar-refractivity contribution in [1.29, 1.82) is 0 Å². The summed E-state index contributed by atoms with van der Waals surface area (Å²) in [6, 6.07) is 0. The van der Waals surface area contributed by atoms with Gasteiger partial charge in [-0.2, -0.15) is 0 Å². The Labute approximate surface area is 54.3 Å². The van der Waals surface area contributed by atoms with Crippen LogP contribution in [0.1, 0.15) is 0 Å². The van der Waals surface area contributed by atoms with Crippen molar-refractivity contribution in [2.24, 2.45) is 5.14 Å². The predicted octanol–water partition coefficient (Wildman–Crippen LogP) is -1.70. The lowest BCUT2D eigenvalue weighted by atomic mass is 11.3. The molecule has 0 aromatic carbocycles. The van der Waals surface area contributed by atoms with Crippen molar-refractivity contribution >= 4 is 15.6 Å². The van der Waals surface area contributed by atoms with Gasteiger partial charge in [-0.25, -0.2) is 13.6 Å². The van der Waals surface area contributed by atoms with Crippen LogP contribution in [0.25, 0.3) is 0 Å². The maximum Gasteiger partial charge on any atom is 0.268 e. The monoisotopic (exact) mass is 154 g/mol. The minimum Gasteiger partial charge on any atom is -0.323 e. The van der Waals surface area contributed by atoms with Crippen LogP contribution in [0.3, 0.4) is 0 Å². The van der Waals surface area contributed by atoms with E-state index >= 15 is 0 Å². The smallest absolute Gasteiger partial charge is 0.268 e. The Bertz CT molecular complexity index is 139. The summed E-state index contributed by atoms with van der Waals surface area (Å²) in [7, 11) is -0.0926. The van der Waals surface area contributed by atoms with Crippen molar-refractivity contribution in [1.82, 2.24) is 5.32 Å². The molecule has 0 aliphatic carbocycles. The van der Waals surface area contributed by atoms with Gasteiger partial charge in [-0.1, -0.05) is 0 Å². The summed E-state index contributed by atoms with van der Waals surface area (Å²) < 4.78 is 18.8. The van der Waals surface area contributed by atoms with Gasteiger partial charge in [-0.15, -0.1) is 0 Å². The van der Waals surface area contributed by atoms with Crippen molar-refractivity contribution < 1.29 is 13.2 Å². The van der Waals surface area contributed by atoms with E-state index in [0.29, 0.717) is 0 Å². The van der Waals surface area contributed by atoms with Crippen LogP contribution in [-0.2, 0) is 14.8 Å². The van der Waals surface area contributed by atoms with Crippen molar-refractivity contribution in [3.05, 3.63) is 0 Å². The second-order valence-corrected chi connectivity index (χ2v) is 2.56. The lowest BCUT2D eigenvalue weighted by molar-refractivity contribution is 0.556. The molecule has 6 heteroatoms. The summed E-state index contributed by atoms with van der Waals surface area (Å²) in [5.74, 6) is 0. The molecule has 0 rings (SSSR count).